The number of halogens is 1. The van der Waals surface area contributed by atoms with Crippen molar-refractivity contribution in [2.45, 2.75) is 25.0 Å². The number of nitrogens with zero attached hydrogens (tertiary/aromatic N) is 7. The van der Waals surface area contributed by atoms with Gasteiger partial charge in [-0.3, -0.25) is 0 Å². The van der Waals surface area contributed by atoms with Crippen LogP contribution in [0.3, 0.4) is 0 Å². The van der Waals surface area contributed by atoms with Crippen LogP contribution in [0.15, 0.2) is 55.2 Å². The van der Waals surface area contributed by atoms with Crippen molar-refractivity contribution in [3.05, 3.63) is 60.3 Å². The van der Waals surface area contributed by atoms with Crippen molar-refractivity contribution in [2.75, 3.05) is 23.4 Å². The monoisotopic (exact) mass is 514 g/mol. The van der Waals surface area contributed by atoms with Gasteiger partial charge in [0, 0.05) is 25.3 Å². The van der Waals surface area contributed by atoms with Crippen molar-refractivity contribution in [2.24, 2.45) is 7.05 Å². The second kappa shape index (κ2) is 8.82. The summed E-state index contributed by atoms with van der Waals surface area (Å²) in [6, 6.07) is 11.6. The Hall–Kier alpha value is -4.02. The number of hydrogen-bond donors (Lipinski definition) is 1. The molecule has 0 radical (unpaired) electrons. The van der Waals surface area contributed by atoms with E-state index in [2.05, 4.69) is 30.2 Å². The van der Waals surface area contributed by atoms with Crippen LogP contribution in [0.5, 0.6) is 11.5 Å². The molecule has 0 unspecified atom stereocenters. The SMILES string of the molecule is Cn1cnc2cc(Oc3ccc(Nc4ncnc5cnc(N6C[C@H]7CC[C@@H]6CO7)nc45)cc3Cl)ccc21. The van der Waals surface area contributed by atoms with Gasteiger partial charge in [-0.1, -0.05) is 11.6 Å². The van der Waals surface area contributed by atoms with E-state index in [1.54, 1.807) is 18.6 Å². The number of hydrogen-bond acceptors (Lipinski definition) is 9. The highest BCUT2D eigenvalue weighted by molar-refractivity contribution is 6.32. The van der Waals surface area contributed by atoms with E-state index >= 15 is 0 Å². The van der Waals surface area contributed by atoms with Crippen molar-refractivity contribution in [1.82, 2.24) is 29.5 Å². The van der Waals surface area contributed by atoms with Crippen LogP contribution in [0, 0.1) is 0 Å². The number of benzene rings is 2. The smallest absolute Gasteiger partial charge is 0.226 e. The summed E-state index contributed by atoms with van der Waals surface area (Å²) in [5, 5.41) is 3.79. The highest BCUT2D eigenvalue weighted by atomic mass is 35.5. The number of fused-ring (bicyclic) bond motifs is 5. The summed E-state index contributed by atoms with van der Waals surface area (Å²) in [7, 11) is 1.96. The fourth-order valence-corrected chi connectivity index (χ4v) is 5.19. The number of aromatic nitrogens is 6. The molecule has 5 aromatic rings. The first-order valence-electron chi connectivity index (χ1n) is 12.1. The molecular weight excluding hydrogens is 492 g/mol. The van der Waals surface area contributed by atoms with E-state index in [1.165, 1.54) is 6.33 Å². The lowest BCUT2D eigenvalue weighted by molar-refractivity contribution is -0.0231. The predicted octanol–water partition coefficient (Wildman–Crippen LogP) is 4.86. The van der Waals surface area contributed by atoms with Gasteiger partial charge in [0.1, 0.15) is 28.9 Å². The first-order valence-corrected chi connectivity index (χ1v) is 12.5. The molecular formula is C26H23ClN8O2. The average Bonchev–Trinajstić information content (AvgIpc) is 3.30. The number of rotatable bonds is 5. The molecule has 0 saturated carbocycles. The summed E-state index contributed by atoms with van der Waals surface area (Å²) in [5.74, 6) is 2.46. The number of aryl methyl sites for hydroxylation is 1. The largest absolute Gasteiger partial charge is 0.456 e. The summed E-state index contributed by atoms with van der Waals surface area (Å²) in [5.41, 5.74) is 3.95. The highest BCUT2D eigenvalue weighted by Crippen LogP contribution is 2.35. The zero-order chi connectivity index (χ0) is 24.9. The van der Waals surface area contributed by atoms with Gasteiger partial charge in [-0.15, -0.1) is 0 Å². The number of imidazole rings is 1. The van der Waals surface area contributed by atoms with E-state index in [1.807, 2.05) is 41.9 Å². The Balaban J connectivity index is 1.14. The van der Waals surface area contributed by atoms with Crippen LogP contribution in [0.25, 0.3) is 22.1 Å². The van der Waals surface area contributed by atoms with Crippen LogP contribution in [0.2, 0.25) is 5.02 Å². The average molecular weight is 515 g/mol. The van der Waals surface area contributed by atoms with E-state index < -0.39 is 0 Å². The van der Waals surface area contributed by atoms with Crippen molar-refractivity contribution in [3.8, 4) is 11.5 Å². The van der Waals surface area contributed by atoms with Gasteiger partial charge in [0.25, 0.3) is 0 Å². The van der Waals surface area contributed by atoms with Crippen molar-refractivity contribution < 1.29 is 9.47 Å². The van der Waals surface area contributed by atoms with E-state index in [0.29, 0.717) is 52.0 Å². The first kappa shape index (κ1) is 22.2. The Labute approximate surface area is 217 Å². The summed E-state index contributed by atoms with van der Waals surface area (Å²) in [6.07, 6.45) is 7.43. The molecule has 1 N–H and O–H groups in total. The maximum Gasteiger partial charge on any atom is 0.226 e. The lowest BCUT2D eigenvalue weighted by Crippen LogP contribution is -2.55. The molecule has 0 amide bonds. The van der Waals surface area contributed by atoms with Crippen LogP contribution < -0.4 is 15.0 Å². The number of nitrogens with one attached hydrogen (secondary N) is 1. The summed E-state index contributed by atoms with van der Waals surface area (Å²) in [6.45, 7) is 1.52. The molecule has 186 valence electrons. The minimum absolute atomic E-state index is 0.239. The standard InChI is InChI=1S/C26H23ClN8O2/c1-34-14-31-20-9-17(5-6-22(20)34)37-23-7-2-15(8-19(23)27)32-25-24-21(29-13-30-25)10-28-26(33-24)35-11-18-4-3-16(35)12-36-18/h2,5-10,13-14,16,18H,3-4,11-12H2,1H3,(H,29,30,32)/t16-,18-/m1/s1. The van der Waals surface area contributed by atoms with Gasteiger partial charge in [0.05, 0.1) is 47.3 Å². The molecule has 3 aliphatic rings. The zero-order valence-corrected chi connectivity index (χ0v) is 20.8. The molecule has 3 aliphatic heterocycles. The quantitative estimate of drug-likeness (QED) is 0.352. The number of piperidine rings is 1. The lowest BCUT2D eigenvalue weighted by atomic mass is 9.97. The third-order valence-corrected chi connectivity index (χ3v) is 7.22. The van der Waals surface area contributed by atoms with Crippen LogP contribution >= 0.6 is 11.6 Å². The molecule has 6 heterocycles. The van der Waals surface area contributed by atoms with Crippen LogP contribution in [-0.4, -0.2) is 54.8 Å². The van der Waals surface area contributed by atoms with Crippen molar-refractivity contribution >= 4 is 51.1 Å². The van der Waals surface area contributed by atoms with Crippen LogP contribution in [-0.2, 0) is 11.8 Å². The molecule has 0 aliphatic carbocycles. The Morgan fingerprint density at radius 3 is 2.81 bits per heavy atom. The molecule has 2 atom stereocenters. The van der Waals surface area contributed by atoms with Gasteiger partial charge >= 0.3 is 0 Å². The Morgan fingerprint density at radius 1 is 1.05 bits per heavy atom. The van der Waals surface area contributed by atoms with Crippen molar-refractivity contribution in [1.29, 1.82) is 0 Å². The Morgan fingerprint density at radius 2 is 2.00 bits per heavy atom. The Kier molecular flexibility index (Phi) is 5.29. The van der Waals surface area contributed by atoms with Gasteiger partial charge in [0.2, 0.25) is 5.95 Å². The second-order valence-electron chi connectivity index (χ2n) is 9.34. The van der Waals surface area contributed by atoms with Crippen molar-refractivity contribution in [3.63, 3.8) is 0 Å². The van der Waals surface area contributed by atoms with E-state index in [-0.39, 0.29) is 6.10 Å². The van der Waals surface area contributed by atoms with Gasteiger partial charge in [0.15, 0.2) is 5.82 Å². The summed E-state index contributed by atoms with van der Waals surface area (Å²) < 4.78 is 13.8. The maximum atomic E-state index is 6.59. The van der Waals surface area contributed by atoms with E-state index in [4.69, 9.17) is 26.1 Å². The molecule has 2 bridgehead atoms. The maximum absolute atomic E-state index is 6.59. The van der Waals surface area contributed by atoms with Gasteiger partial charge < -0.3 is 24.3 Å². The third-order valence-electron chi connectivity index (χ3n) is 6.93. The second-order valence-corrected chi connectivity index (χ2v) is 9.75. The van der Waals surface area contributed by atoms with Gasteiger partial charge in [-0.2, -0.15) is 0 Å². The fourth-order valence-electron chi connectivity index (χ4n) is 4.97. The first-order chi connectivity index (χ1) is 18.1. The highest BCUT2D eigenvalue weighted by Gasteiger charge is 2.36. The minimum atomic E-state index is 0.239. The molecule has 11 heteroatoms. The molecule has 3 aromatic heterocycles. The lowest BCUT2D eigenvalue weighted by Gasteiger charge is -2.45. The number of anilines is 3. The van der Waals surface area contributed by atoms with E-state index in [9.17, 15) is 0 Å². The van der Waals surface area contributed by atoms with Crippen LogP contribution in [0.4, 0.5) is 17.5 Å². The minimum Gasteiger partial charge on any atom is -0.456 e. The molecule has 37 heavy (non-hydrogen) atoms. The van der Waals surface area contributed by atoms with Gasteiger partial charge in [-0.05, 0) is 43.2 Å². The van der Waals surface area contributed by atoms with Gasteiger partial charge in [-0.25, -0.2) is 24.9 Å². The molecule has 2 aromatic carbocycles. The molecule has 10 nitrogen and oxygen atoms in total. The predicted molar refractivity (Wildman–Crippen MR) is 141 cm³/mol. The zero-order valence-electron chi connectivity index (χ0n) is 20.0. The van der Waals surface area contributed by atoms with Crippen LogP contribution in [0.1, 0.15) is 12.8 Å². The number of ether oxygens (including phenoxy) is 2. The summed E-state index contributed by atoms with van der Waals surface area (Å²) >= 11 is 6.59. The molecule has 0 spiro atoms. The normalized spacial score (nSPS) is 19.0. The fraction of sp³-hybridized carbons (Fsp3) is 0.269. The third kappa shape index (κ3) is 4.08. The molecule has 3 fully saturated rings. The topological polar surface area (TPSA) is 103 Å². The van der Waals surface area contributed by atoms with E-state index in [0.717, 1.165) is 36.1 Å². The molecule has 3 saturated heterocycles. The summed E-state index contributed by atoms with van der Waals surface area (Å²) in [4.78, 5) is 24.8. The Bertz CT molecular complexity index is 1630. The molecule has 8 rings (SSSR count). The number of morpholine rings is 1.